The third kappa shape index (κ3) is 2.42. The van der Waals surface area contributed by atoms with Crippen molar-refractivity contribution in [2.45, 2.75) is 63.3 Å². The van der Waals surface area contributed by atoms with Crippen molar-refractivity contribution in [2.24, 2.45) is 0 Å². The third-order valence-corrected chi connectivity index (χ3v) is 8.85. The SMILES string of the molecule is CC(C)(C)[Si](C)(C)O[C@@H]1C=C(CO)[C@H](O)[C@H]2O[C@H]21. The fourth-order valence-electron chi connectivity index (χ4n) is 2.03. The van der Waals surface area contributed by atoms with Gasteiger partial charge in [-0.1, -0.05) is 26.8 Å². The van der Waals surface area contributed by atoms with E-state index in [4.69, 9.17) is 9.16 Å². The molecule has 0 saturated carbocycles. The van der Waals surface area contributed by atoms with Crippen LogP contribution in [0.15, 0.2) is 11.6 Å². The van der Waals surface area contributed by atoms with Crippen LogP contribution in [0.25, 0.3) is 0 Å². The Bertz CT molecular complexity index is 358. The zero-order valence-corrected chi connectivity index (χ0v) is 12.8. The Hall–Kier alpha value is -0.203. The maximum absolute atomic E-state index is 9.86. The summed E-state index contributed by atoms with van der Waals surface area (Å²) in [5.41, 5.74) is 0.623. The molecule has 5 heteroatoms. The van der Waals surface area contributed by atoms with Crippen molar-refractivity contribution in [1.82, 2.24) is 0 Å². The Balaban J connectivity index is 2.13. The summed E-state index contributed by atoms with van der Waals surface area (Å²) in [6, 6.07) is 0. The summed E-state index contributed by atoms with van der Waals surface area (Å²) < 4.78 is 11.8. The van der Waals surface area contributed by atoms with E-state index in [1.807, 2.05) is 6.08 Å². The Kier molecular flexibility index (Phi) is 3.49. The largest absolute Gasteiger partial charge is 0.408 e. The lowest BCUT2D eigenvalue weighted by molar-refractivity contribution is 0.146. The average Bonchev–Trinajstić information content (AvgIpc) is 3.00. The predicted molar refractivity (Wildman–Crippen MR) is 71.9 cm³/mol. The van der Waals surface area contributed by atoms with Gasteiger partial charge in [0.2, 0.25) is 0 Å². The molecule has 0 spiro atoms. The van der Waals surface area contributed by atoms with Crippen molar-refractivity contribution in [2.75, 3.05) is 6.61 Å². The van der Waals surface area contributed by atoms with E-state index >= 15 is 0 Å². The summed E-state index contributed by atoms with van der Waals surface area (Å²) in [6.07, 6.45) is 0.830. The predicted octanol–water partition coefficient (Wildman–Crippen LogP) is 1.44. The second kappa shape index (κ2) is 4.42. The number of hydrogen-bond acceptors (Lipinski definition) is 4. The minimum Gasteiger partial charge on any atom is -0.408 e. The summed E-state index contributed by atoms with van der Waals surface area (Å²) >= 11 is 0. The van der Waals surface area contributed by atoms with Gasteiger partial charge in [0.1, 0.15) is 18.3 Å². The molecule has 1 heterocycles. The molecule has 0 aromatic carbocycles. The Morgan fingerprint density at radius 2 is 1.94 bits per heavy atom. The molecule has 18 heavy (non-hydrogen) atoms. The summed E-state index contributed by atoms with van der Waals surface area (Å²) in [5, 5.41) is 19.2. The van der Waals surface area contributed by atoms with E-state index in [-0.39, 0.29) is 30.0 Å². The van der Waals surface area contributed by atoms with E-state index in [1.165, 1.54) is 0 Å². The van der Waals surface area contributed by atoms with Gasteiger partial charge in [-0.05, 0) is 23.7 Å². The van der Waals surface area contributed by atoms with Gasteiger partial charge in [-0.15, -0.1) is 0 Å². The molecule has 0 unspecified atom stereocenters. The summed E-state index contributed by atoms with van der Waals surface area (Å²) in [5.74, 6) is 0. The summed E-state index contributed by atoms with van der Waals surface area (Å²) in [6.45, 7) is 10.8. The lowest BCUT2D eigenvalue weighted by atomic mass is 9.95. The molecule has 4 atom stereocenters. The standard InChI is InChI=1S/C13H24O4Si/c1-13(2,3)18(4,5)17-9-6-8(7-14)10(15)12-11(9)16-12/h6,9-12,14-15H,7H2,1-5H3/t9-,10+,11+,12-/m1/s1. The zero-order chi connectivity index (χ0) is 13.7. The topological polar surface area (TPSA) is 62.2 Å². The van der Waals surface area contributed by atoms with Gasteiger partial charge in [-0.3, -0.25) is 0 Å². The second-order valence-corrected chi connectivity index (χ2v) is 11.5. The Morgan fingerprint density at radius 1 is 1.33 bits per heavy atom. The van der Waals surface area contributed by atoms with Crippen LogP contribution in [0.3, 0.4) is 0 Å². The van der Waals surface area contributed by atoms with E-state index in [0.717, 1.165) is 0 Å². The number of fused-ring (bicyclic) bond motifs is 1. The first-order chi connectivity index (χ1) is 8.17. The molecular formula is C13H24O4Si. The second-order valence-electron chi connectivity index (χ2n) is 6.75. The van der Waals surface area contributed by atoms with Gasteiger partial charge in [0, 0.05) is 0 Å². The van der Waals surface area contributed by atoms with Crippen molar-refractivity contribution in [3.8, 4) is 0 Å². The van der Waals surface area contributed by atoms with Gasteiger partial charge in [-0.25, -0.2) is 0 Å². The molecule has 0 aromatic rings. The molecule has 2 N–H and O–H groups in total. The van der Waals surface area contributed by atoms with Gasteiger partial charge in [0.15, 0.2) is 8.32 Å². The maximum Gasteiger partial charge on any atom is 0.193 e. The van der Waals surface area contributed by atoms with Gasteiger partial charge in [-0.2, -0.15) is 0 Å². The average molecular weight is 272 g/mol. The van der Waals surface area contributed by atoms with Crippen molar-refractivity contribution in [1.29, 1.82) is 0 Å². The minimum absolute atomic E-state index is 0.0376. The maximum atomic E-state index is 9.86. The molecule has 2 rings (SSSR count). The zero-order valence-electron chi connectivity index (χ0n) is 11.8. The Morgan fingerprint density at radius 3 is 2.44 bits per heavy atom. The van der Waals surface area contributed by atoms with E-state index < -0.39 is 14.4 Å². The highest BCUT2D eigenvalue weighted by molar-refractivity contribution is 6.74. The number of aliphatic hydroxyl groups is 2. The highest BCUT2D eigenvalue weighted by Crippen LogP contribution is 2.43. The van der Waals surface area contributed by atoms with Crippen LogP contribution in [-0.2, 0) is 9.16 Å². The monoisotopic (exact) mass is 272 g/mol. The first kappa shape index (κ1) is 14.2. The minimum atomic E-state index is -1.86. The number of epoxide rings is 1. The molecule has 0 bridgehead atoms. The fourth-order valence-corrected chi connectivity index (χ4v) is 3.27. The van der Waals surface area contributed by atoms with Crippen molar-refractivity contribution in [3.63, 3.8) is 0 Å². The van der Waals surface area contributed by atoms with Crippen LogP contribution in [0.2, 0.25) is 18.1 Å². The van der Waals surface area contributed by atoms with Crippen LogP contribution < -0.4 is 0 Å². The number of aliphatic hydroxyl groups excluding tert-OH is 2. The highest BCUT2D eigenvalue weighted by atomic mass is 28.4. The summed E-state index contributed by atoms with van der Waals surface area (Å²) in [7, 11) is -1.86. The molecule has 1 fully saturated rings. The number of rotatable bonds is 3. The molecule has 1 aliphatic heterocycles. The smallest absolute Gasteiger partial charge is 0.193 e. The van der Waals surface area contributed by atoms with Gasteiger partial charge < -0.3 is 19.4 Å². The highest BCUT2D eigenvalue weighted by Gasteiger charge is 2.55. The van der Waals surface area contributed by atoms with Crippen LogP contribution in [0.4, 0.5) is 0 Å². The van der Waals surface area contributed by atoms with E-state index in [1.54, 1.807) is 0 Å². The molecule has 104 valence electrons. The molecule has 0 radical (unpaired) electrons. The van der Waals surface area contributed by atoms with Crippen LogP contribution in [0.5, 0.6) is 0 Å². The molecule has 0 aromatic heterocycles. The molecule has 4 nitrogen and oxygen atoms in total. The van der Waals surface area contributed by atoms with E-state index in [9.17, 15) is 10.2 Å². The lowest BCUT2D eigenvalue weighted by Crippen LogP contribution is -2.46. The van der Waals surface area contributed by atoms with E-state index in [2.05, 4.69) is 33.9 Å². The molecule has 1 aliphatic carbocycles. The van der Waals surface area contributed by atoms with Crippen molar-refractivity contribution in [3.05, 3.63) is 11.6 Å². The molecule has 1 saturated heterocycles. The molecular weight excluding hydrogens is 248 g/mol. The van der Waals surface area contributed by atoms with E-state index in [0.29, 0.717) is 5.57 Å². The normalized spacial score (nSPS) is 36.1. The van der Waals surface area contributed by atoms with Gasteiger partial charge >= 0.3 is 0 Å². The number of hydrogen-bond donors (Lipinski definition) is 2. The van der Waals surface area contributed by atoms with Crippen LogP contribution in [0, 0.1) is 0 Å². The third-order valence-electron chi connectivity index (χ3n) is 4.37. The van der Waals surface area contributed by atoms with Gasteiger partial charge in [0.25, 0.3) is 0 Å². The van der Waals surface area contributed by atoms with Crippen LogP contribution in [0.1, 0.15) is 20.8 Å². The fraction of sp³-hybridized carbons (Fsp3) is 0.846. The summed E-state index contributed by atoms with van der Waals surface area (Å²) in [4.78, 5) is 0. The quantitative estimate of drug-likeness (QED) is 0.463. The van der Waals surface area contributed by atoms with Crippen molar-refractivity contribution >= 4 is 8.32 Å². The Labute approximate surface area is 110 Å². The lowest BCUT2D eigenvalue weighted by Gasteiger charge is -2.39. The van der Waals surface area contributed by atoms with Crippen molar-refractivity contribution < 1.29 is 19.4 Å². The molecule has 2 aliphatic rings. The molecule has 0 amide bonds. The van der Waals surface area contributed by atoms with Gasteiger partial charge in [0.05, 0.1) is 12.7 Å². The number of ether oxygens (including phenoxy) is 1. The first-order valence-electron chi connectivity index (χ1n) is 6.50. The first-order valence-corrected chi connectivity index (χ1v) is 9.41. The van der Waals surface area contributed by atoms with Crippen LogP contribution >= 0.6 is 0 Å². The van der Waals surface area contributed by atoms with Crippen LogP contribution in [-0.4, -0.2) is 49.6 Å².